The number of hydrogen-bond donors (Lipinski definition) is 1. The normalized spacial score (nSPS) is 19.5. The van der Waals surface area contributed by atoms with Gasteiger partial charge < -0.3 is 10.0 Å². The van der Waals surface area contributed by atoms with Crippen LogP contribution in [0, 0.1) is 5.92 Å². The molecule has 8 heteroatoms. The second kappa shape index (κ2) is 8.09. The zero-order valence-corrected chi connectivity index (χ0v) is 18.4. The quantitative estimate of drug-likeness (QED) is 0.786. The highest BCUT2D eigenvalue weighted by molar-refractivity contribution is 7.90. The molecule has 1 fully saturated rings. The van der Waals surface area contributed by atoms with Gasteiger partial charge in [0.1, 0.15) is 4.90 Å². The number of carbonyl (C=O) groups is 2. The summed E-state index contributed by atoms with van der Waals surface area (Å²) in [6.07, 6.45) is 0.742. The molecule has 0 aromatic heterocycles. The summed E-state index contributed by atoms with van der Waals surface area (Å²) in [6, 6.07) is 13.2. The van der Waals surface area contributed by atoms with Crippen LogP contribution >= 0.6 is 0 Å². The topological polar surface area (TPSA) is 95.0 Å². The van der Waals surface area contributed by atoms with Gasteiger partial charge in [0.2, 0.25) is 0 Å². The lowest BCUT2D eigenvalue weighted by molar-refractivity contribution is 0.0462. The summed E-state index contributed by atoms with van der Waals surface area (Å²) in [7, 11) is -3.95. The fourth-order valence-electron chi connectivity index (χ4n) is 4.41. The van der Waals surface area contributed by atoms with Gasteiger partial charge in [-0.15, -0.1) is 0 Å². The van der Waals surface area contributed by atoms with E-state index in [1.54, 1.807) is 18.7 Å². The smallest absolute Gasteiger partial charge is 0.269 e. The zero-order chi connectivity index (χ0) is 22.3. The summed E-state index contributed by atoms with van der Waals surface area (Å²) in [4.78, 5) is 27.1. The lowest BCUT2D eigenvalue weighted by Crippen LogP contribution is -2.39. The van der Waals surface area contributed by atoms with Gasteiger partial charge in [-0.25, -0.2) is 12.7 Å². The van der Waals surface area contributed by atoms with Crippen molar-refractivity contribution >= 4 is 21.8 Å². The molecule has 164 valence electrons. The Morgan fingerprint density at radius 1 is 1.06 bits per heavy atom. The fourth-order valence-corrected chi connectivity index (χ4v) is 6.21. The molecule has 2 aromatic rings. The number of hydrogen-bond acceptors (Lipinski definition) is 5. The average Bonchev–Trinajstić information content (AvgIpc) is 2.98. The third-order valence-electron chi connectivity index (χ3n) is 6.08. The Balaban J connectivity index is 1.49. The number of rotatable bonds is 4. The van der Waals surface area contributed by atoms with Gasteiger partial charge in [0, 0.05) is 24.7 Å². The summed E-state index contributed by atoms with van der Waals surface area (Å²) < 4.78 is 26.4. The Kier molecular flexibility index (Phi) is 5.61. The maximum Gasteiger partial charge on any atom is 0.269 e. The first kappa shape index (κ1) is 21.5. The molecule has 2 aliphatic heterocycles. The number of piperidine rings is 1. The predicted molar refractivity (Wildman–Crippen MR) is 115 cm³/mol. The fraction of sp³-hybridized carbons (Fsp3) is 0.391. The number of sulfonamides is 1. The van der Waals surface area contributed by atoms with E-state index in [4.69, 9.17) is 0 Å². The van der Waals surface area contributed by atoms with E-state index in [2.05, 4.69) is 0 Å². The van der Waals surface area contributed by atoms with Crippen molar-refractivity contribution in [2.24, 2.45) is 5.92 Å². The first-order valence-corrected chi connectivity index (χ1v) is 11.9. The molecule has 2 aromatic carbocycles. The molecular formula is C23H26N2O5S. The number of benzene rings is 2. The van der Waals surface area contributed by atoms with Crippen LogP contribution in [0.3, 0.4) is 0 Å². The van der Waals surface area contributed by atoms with Crippen LogP contribution in [0.25, 0.3) is 0 Å². The van der Waals surface area contributed by atoms with Crippen LogP contribution in [0.5, 0.6) is 0 Å². The zero-order valence-electron chi connectivity index (χ0n) is 17.6. The van der Waals surface area contributed by atoms with Gasteiger partial charge in [-0.1, -0.05) is 30.3 Å². The van der Waals surface area contributed by atoms with Crippen molar-refractivity contribution in [3.8, 4) is 0 Å². The SMILES string of the molecule is CC(C)N1C(=O)c2ccc(C(=O)N3CCC(C(O)c4ccccc4)CC3)cc2S1(=O)=O. The van der Waals surface area contributed by atoms with Crippen molar-refractivity contribution in [3.63, 3.8) is 0 Å². The van der Waals surface area contributed by atoms with Crippen LogP contribution in [0.1, 0.15) is 59.1 Å². The monoisotopic (exact) mass is 442 g/mol. The average molecular weight is 443 g/mol. The molecule has 2 amide bonds. The molecule has 2 heterocycles. The Morgan fingerprint density at radius 2 is 1.71 bits per heavy atom. The molecular weight excluding hydrogens is 416 g/mol. The molecule has 7 nitrogen and oxygen atoms in total. The molecule has 1 saturated heterocycles. The van der Waals surface area contributed by atoms with Gasteiger partial charge in [0.15, 0.2) is 0 Å². The van der Waals surface area contributed by atoms with Crippen LogP contribution in [0.15, 0.2) is 53.4 Å². The number of likely N-dealkylation sites (tertiary alicyclic amines) is 1. The van der Waals surface area contributed by atoms with Gasteiger partial charge >= 0.3 is 0 Å². The van der Waals surface area contributed by atoms with E-state index in [0.29, 0.717) is 25.9 Å². The minimum absolute atomic E-state index is 0.0593. The second-order valence-corrected chi connectivity index (χ2v) is 10.2. The van der Waals surface area contributed by atoms with Gasteiger partial charge in [0.05, 0.1) is 11.7 Å². The van der Waals surface area contributed by atoms with Crippen LogP contribution in [0.2, 0.25) is 0 Å². The number of aliphatic hydroxyl groups is 1. The highest BCUT2D eigenvalue weighted by Gasteiger charge is 2.43. The van der Waals surface area contributed by atoms with E-state index in [1.807, 2.05) is 30.3 Å². The van der Waals surface area contributed by atoms with Crippen LogP contribution in [-0.4, -0.2) is 53.7 Å². The number of fused-ring (bicyclic) bond motifs is 1. The van der Waals surface area contributed by atoms with Crippen LogP contribution in [0.4, 0.5) is 0 Å². The number of carbonyl (C=O) groups excluding carboxylic acids is 2. The molecule has 0 saturated carbocycles. The number of amides is 2. The van der Waals surface area contributed by atoms with Crippen molar-refractivity contribution in [2.75, 3.05) is 13.1 Å². The third-order valence-corrected chi connectivity index (χ3v) is 8.08. The molecule has 1 atom stereocenters. The lowest BCUT2D eigenvalue weighted by Gasteiger charge is -2.34. The van der Waals surface area contributed by atoms with E-state index in [0.717, 1.165) is 9.87 Å². The molecule has 1 unspecified atom stereocenters. The van der Waals surface area contributed by atoms with E-state index in [9.17, 15) is 23.1 Å². The maximum absolute atomic E-state index is 13.0. The molecule has 0 spiro atoms. The predicted octanol–water partition coefficient (Wildman–Crippen LogP) is 2.83. The number of aliphatic hydroxyl groups excluding tert-OH is 1. The van der Waals surface area contributed by atoms with E-state index in [-0.39, 0.29) is 27.8 Å². The summed E-state index contributed by atoms with van der Waals surface area (Å²) in [6.45, 7) is 4.24. The van der Waals surface area contributed by atoms with Crippen molar-refractivity contribution < 1.29 is 23.1 Å². The molecule has 31 heavy (non-hydrogen) atoms. The Hall–Kier alpha value is -2.71. The third kappa shape index (κ3) is 3.74. The van der Waals surface area contributed by atoms with Gasteiger partial charge in [-0.05, 0) is 56.4 Å². The van der Waals surface area contributed by atoms with Crippen molar-refractivity contribution in [1.82, 2.24) is 9.21 Å². The van der Waals surface area contributed by atoms with Crippen molar-refractivity contribution in [1.29, 1.82) is 0 Å². The Bertz CT molecular complexity index is 1110. The largest absolute Gasteiger partial charge is 0.388 e. The summed E-state index contributed by atoms with van der Waals surface area (Å²) in [5.74, 6) is -0.759. The highest BCUT2D eigenvalue weighted by Crippen LogP contribution is 2.34. The minimum atomic E-state index is -3.95. The molecule has 4 rings (SSSR count). The molecule has 1 N–H and O–H groups in total. The maximum atomic E-state index is 13.0. The first-order chi connectivity index (χ1) is 14.7. The highest BCUT2D eigenvalue weighted by atomic mass is 32.2. The molecule has 2 aliphatic rings. The Morgan fingerprint density at radius 3 is 2.32 bits per heavy atom. The summed E-state index contributed by atoms with van der Waals surface area (Å²) in [5, 5.41) is 10.6. The first-order valence-electron chi connectivity index (χ1n) is 10.5. The van der Waals surface area contributed by atoms with Crippen molar-refractivity contribution in [2.45, 2.75) is 43.7 Å². The number of nitrogens with zero attached hydrogens (tertiary/aromatic N) is 2. The van der Waals surface area contributed by atoms with Crippen molar-refractivity contribution in [3.05, 3.63) is 65.2 Å². The van der Waals surface area contributed by atoms with Gasteiger partial charge in [0.25, 0.3) is 21.8 Å². The minimum Gasteiger partial charge on any atom is -0.388 e. The van der Waals surface area contributed by atoms with Gasteiger partial charge in [-0.3, -0.25) is 9.59 Å². The summed E-state index contributed by atoms with van der Waals surface area (Å²) >= 11 is 0. The standard InChI is InChI=1S/C23H26N2O5S/c1-15(2)25-23(28)19-9-8-18(14-20(19)31(25,29)30)22(27)24-12-10-17(11-13-24)21(26)16-6-4-3-5-7-16/h3-9,14-15,17,21,26H,10-13H2,1-2H3. The van der Waals surface area contributed by atoms with E-state index in [1.165, 1.54) is 18.2 Å². The van der Waals surface area contributed by atoms with E-state index < -0.39 is 28.1 Å². The van der Waals surface area contributed by atoms with Gasteiger partial charge in [-0.2, -0.15) is 0 Å². The summed E-state index contributed by atoms with van der Waals surface area (Å²) in [5.41, 5.74) is 1.23. The Labute approximate surface area is 182 Å². The van der Waals surface area contributed by atoms with Crippen LogP contribution < -0.4 is 0 Å². The molecule has 0 aliphatic carbocycles. The molecule has 0 radical (unpaired) electrons. The van der Waals surface area contributed by atoms with Crippen LogP contribution in [-0.2, 0) is 10.0 Å². The van der Waals surface area contributed by atoms with E-state index >= 15 is 0 Å². The lowest BCUT2D eigenvalue weighted by atomic mass is 9.87. The second-order valence-electron chi connectivity index (χ2n) is 8.40. The molecule has 0 bridgehead atoms.